The van der Waals surface area contributed by atoms with Crippen LogP contribution in [0.25, 0.3) is 21.9 Å². The maximum absolute atomic E-state index is 10.6. The molecule has 1 aliphatic rings. The second kappa shape index (κ2) is 6.21. The van der Waals surface area contributed by atoms with Gasteiger partial charge in [0.1, 0.15) is 12.4 Å². The van der Waals surface area contributed by atoms with Gasteiger partial charge in [-0.15, -0.1) is 0 Å². The van der Waals surface area contributed by atoms with Crippen molar-refractivity contribution in [2.24, 2.45) is 0 Å². The molecule has 3 N–H and O–H groups in total. The van der Waals surface area contributed by atoms with E-state index in [1.165, 1.54) is 0 Å². The number of fused-ring (bicyclic) bond motifs is 5. The molecule has 3 aromatic rings. The molecule has 0 fully saturated rings. The van der Waals surface area contributed by atoms with E-state index in [9.17, 15) is 10.0 Å². The van der Waals surface area contributed by atoms with E-state index >= 15 is 0 Å². The SMILES string of the molecule is O=C(O)NCCC[C@H]1COCc2nc3c[n+](O)c4ccccc4c3n21. The average molecular weight is 343 g/mol. The molecule has 3 heterocycles. The van der Waals surface area contributed by atoms with Crippen molar-refractivity contribution in [1.29, 1.82) is 0 Å². The Kier molecular flexibility index (Phi) is 3.89. The molecule has 0 aliphatic carbocycles. The monoisotopic (exact) mass is 343 g/mol. The number of carbonyl (C=O) groups is 1. The Morgan fingerprint density at radius 1 is 1.44 bits per heavy atom. The van der Waals surface area contributed by atoms with Crippen molar-refractivity contribution in [2.75, 3.05) is 13.2 Å². The summed E-state index contributed by atoms with van der Waals surface area (Å²) in [5, 5.41) is 22.2. The summed E-state index contributed by atoms with van der Waals surface area (Å²) in [4.78, 5) is 15.2. The van der Waals surface area contributed by atoms with Gasteiger partial charge >= 0.3 is 6.09 Å². The Morgan fingerprint density at radius 3 is 3.12 bits per heavy atom. The lowest BCUT2D eigenvalue weighted by Crippen LogP contribution is -2.30. The molecule has 1 aliphatic heterocycles. The largest absolute Gasteiger partial charge is 0.465 e. The molecule has 4 rings (SSSR count). The fourth-order valence-corrected chi connectivity index (χ4v) is 3.52. The minimum absolute atomic E-state index is 0.0855. The van der Waals surface area contributed by atoms with Crippen LogP contribution in [0.3, 0.4) is 0 Å². The number of ether oxygens (including phenoxy) is 1. The van der Waals surface area contributed by atoms with Crippen LogP contribution in [-0.4, -0.2) is 39.1 Å². The highest BCUT2D eigenvalue weighted by molar-refractivity contribution is 6.00. The molecular formula is C17H19N4O4+. The number of hydrogen-bond donors (Lipinski definition) is 3. The molecule has 1 amide bonds. The van der Waals surface area contributed by atoms with Gasteiger partial charge in [0.25, 0.3) is 11.7 Å². The molecule has 0 spiro atoms. The zero-order valence-electron chi connectivity index (χ0n) is 13.6. The molecular weight excluding hydrogens is 324 g/mol. The first-order chi connectivity index (χ1) is 12.1. The molecule has 2 aromatic heterocycles. The van der Waals surface area contributed by atoms with Crippen LogP contribution < -0.4 is 10.0 Å². The average Bonchev–Trinajstić information content (AvgIpc) is 2.97. The highest BCUT2D eigenvalue weighted by atomic mass is 16.5. The maximum Gasteiger partial charge on any atom is 0.404 e. The molecule has 8 heteroatoms. The first-order valence-corrected chi connectivity index (χ1v) is 8.23. The van der Waals surface area contributed by atoms with Gasteiger partial charge in [-0.05, 0) is 18.9 Å². The van der Waals surface area contributed by atoms with Crippen LogP contribution in [0.4, 0.5) is 4.79 Å². The maximum atomic E-state index is 10.6. The summed E-state index contributed by atoms with van der Waals surface area (Å²) in [5.74, 6) is 0.828. The van der Waals surface area contributed by atoms with Gasteiger partial charge in [-0.3, -0.25) is 5.21 Å². The number of benzene rings is 1. The highest BCUT2D eigenvalue weighted by Crippen LogP contribution is 2.31. The third kappa shape index (κ3) is 2.74. The molecule has 8 nitrogen and oxygen atoms in total. The van der Waals surface area contributed by atoms with Crippen molar-refractivity contribution < 1.29 is 24.6 Å². The summed E-state index contributed by atoms with van der Waals surface area (Å²) in [7, 11) is 0. The smallest absolute Gasteiger partial charge is 0.404 e. The zero-order chi connectivity index (χ0) is 17.4. The first kappa shape index (κ1) is 15.6. The minimum Gasteiger partial charge on any atom is -0.465 e. The number of rotatable bonds is 4. The molecule has 25 heavy (non-hydrogen) atoms. The Labute approximate surface area is 143 Å². The van der Waals surface area contributed by atoms with Crippen molar-refractivity contribution in [1.82, 2.24) is 14.9 Å². The Balaban J connectivity index is 1.76. The Morgan fingerprint density at radius 2 is 2.28 bits per heavy atom. The van der Waals surface area contributed by atoms with E-state index in [1.807, 2.05) is 24.3 Å². The van der Waals surface area contributed by atoms with Crippen LogP contribution in [0.5, 0.6) is 0 Å². The topological polar surface area (TPSA) is 100 Å². The Hall–Kier alpha value is -2.87. The molecule has 0 saturated heterocycles. The van der Waals surface area contributed by atoms with Crippen molar-refractivity contribution in [3.05, 3.63) is 36.3 Å². The number of hydrogen-bond acceptors (Lipinski definition) is 4. The van der Waals surface area contributed by atoms with E-state index in [0.717, 1.165) is 38.9 Å². The molecule has 0 radical (unpaired) electrons. The van der Waals surface area contributed by atoms with Crippen LogP contribution >= 0.6 is 0 Å². The van der Waals surface area contributed by atoms with E-state index in [2.05, 4.69) is 14.9 Å². The van der Waals surface area contributed by atoms with Gasteiger partial charge in [0.05, 0.1) is 23.6 Å². The number of nitrogens with one attached hydrogen (secondary N) is 1. The fraction of sp³-hybridized carbons (Fsp3) is 0.353. The van der Waals surface area contributed by atoms with E-state index in [0.29, 0.717) is 26.2 Å². The summed E-state index contributed by atoms with van der Waals surface area (Å²) in [6.07, 6.45) is 2.10. The summed E-state index contributed by atoms with van der Waals surface area (Å²) in [6, 6.07) is 7.74. The number of pyridine rings is 1. The van der Waals surface area contributed by atoms with E-state index in [1.54, 1.807) is 6.20 Å². The lowest BCUT2D eigenvalue weighted by Gasteiger charge is -2.26. The Bertz CT molecular complexity index is 953. The number of nitrogens with zero attached hydrogens (tertiary/aromatic N) is 3. The lowest BCUT2D eigenvalue weighted by atomic mass is 10.1. The van der Waals surface area contributed by atoms with Crippen molar-refractivity contribution in [2.45, 2.75) is 25.5 Å². The van der Waals surface area contributed by atoms with Crippen molar-refractivity contribution >= 4 is 28.0 Å². The fourth-order valence-electron chi connectivity index (χ4n) is 3.52. The molecule has 0 bridgehead atoms. The summed E-state index contributed by atoms with van der Waals surface area (Å²) in [5.41, 5.74) is 2.42. The predicted octanol–water partition coefficient (Wildman–Crippen LogP) is 1.83. The quantitative estimate of drug-likeness (QED) is 0.381. The van der Waals surface area contributed by atoms with Gasteiger partial charge in [-0.25, -0.2) is 9.78 Å². The van der Waals surface area contributed by atoms with Crippen LogP contribution in [0, 0.1) is 0 Å². The zero-order valence-corrected chi connectivity index (χ0v) is 13.6. The minimum atomic E-state index is -1.01. The van der Waals surface area contributed by atoms with Gasteiger partial charge < -0.3 is 19.7 Å². The summed E-state index contributed by atoms with van der Waals surface area (Å²) >= 11 is 0. The van der Waals surface area contributed by atoms with Gasteiger partial charge in [0.2, 0.25) is 0 Å². The second-order valence-corrected chi connectivity index (χ2v) is 6.17. The van der Waals surface area contributed by atoms with Gasteiger partial charge in [0, 0.05) is 17.3 Å². The van der Waals surface area contributed by atoms with Gasteiger partial charge in [-0.2, -0.15) is 0 Å². The molecule has 0 saturated carbocycles. The molecule has 1 aromatic carbocycles. The number of imidazole rings is 1. The van der Waals surface area contributed by atoms with E-state index in [-0.39, 0.29) is 6.04 Å². The normalized spacial score (nSPS) is 16.9. The van der Waals surface area contributed by atoms with Gasteiger partial charge in [-0.1, -0.05) is 12.1 Å². The lowest BCUT2D eigenvalue weighted by molar-refractivity contribution is -0.883. The van der Waals surface area contributed by atoms with E-state index in [4.69, 9.17) is 9.84 Å². The second-order valence-electron chi connectivity index (χ2n) is 6.17. The molecule has 130 valence electrons. The third-order valence-corrected chi connectivity index (χ3v) is 4.56. The number of amides is 1. The van der Waals surface area contributed by atoms with Crippen LogP contribution in [0.15, 0.2) is 30.5 Å². The molecule has 1 atom stereocenters. The highest BCUT2D eigenvalue weighted by Gasteiger charge is 2.27. The number of para-hydroxylation sites is 1. The van der Waals surface area contributed by atoms with Crippen LogP contribution in [0.1, 0.15) is 24.7 Å². The van der Waals surface area contributed by atoms with Crippen molar-refractivity contribution in [3.8, 4) is 0 Å². The number of carboxylic acid groups (broad SMARTS) is 1. The predicted molar refractivity (Wildman–Crippen MR) is 88.6 cm³/mol. The van der Waals surface area contributed by atoms with Gasteiger partial charge in [0.15, 0.2) is 5.52 Å². The van der Waals surface area contributed by atoms with Crippen molar-refractivity contribution in [3.63, 3.8) is 0 Å². The van der Waals surface area contributed by atoms with E-state index < -0.39 is 6.09 Å². The van der Waals surface area contributed by atoms with Crippen LogP contribution in [-0.2, 0) is 11.3 Å². The third-order valence-electron chi connectivity index (χ3n) is 4.56. The standard InChI is InChI=1S/C17H18N4O4/c22-17(23)18-7-3-4-11-9-25-10-15-19-13-8-20(24)14-6-2-1-5-12(14)16(13)21(11)15/h1-2,5-6,8,11,18H,3-4,7,9-10H2,(H-,22,23,24)/p+1/t11-/m0/s1. The van der Waals surface area contributed by atoms with Crippen LogP contribution in [0.2, 0.25) is 0 Å². The number of aromatic nitrogens is 3. The summed E-state index contributed by atoms with van der Waals surface area (Å²) in [6.45, 7) is 1.40. The molecule has 0 unspecified atom stereocenters. The summed E-state index contributed by atoms with van der Waals surface area (Å²) < 4.78 is 8.95. The first-order valence-electron chi connectivity index (χ1n) is 8.23.